The number of nitrogens with zero attached hydrogens (tertiary/aromatic N) is 2. The lowest BCUT2D eigenvalue weighted by Crippen LogP contribution is -2.37. The zero-order valence-electron chi connectivity index (χ0n) is 15.2. The molecule has 1 saturated heterocycles. The third-order valence-electron chi connectivity index (χ3n) is 5.09. The second-order valence-electron chi connectivity index (χ2n) is 7.14. The van der Waals surface area contributed by atoms with Crippen molar-refractivity contribution in [1.82, 2.24) is 15.1 Å². The van der Waals surface area contributed by atoms with E-state index in [-0.39, 0.29) is 12.0 Å². The van der Waals surface area contributed by atoms with E-state index in [2.05, 4.69) is 35.3 Å². The van der Waals surface area contributed by atoms with Gasteiger partial charge in [0, 0.05) is 37.4 Å². The minimum Gasteiger partial charge on any atom is -0.376 e. The van der Waals surface area contributed by atoms with Crippen LogP contribution in [0.25, 0.3) is 0 Å². The van der Waals surface area contributed by atoms with E-state index >= 15 is 0 Å². The zero-order valence-corrected chi connectivity index (χ0v) is 15.2. The summed E-state index contributed by atoms with van der Waals surface area (Å²) in [7, 11) is 0. The van der Waals surface area contributed by atoms with Gasteiger partial charge in [-0.2, -0.15) is 5.10 Å². The standard InChI is InChI=1S/C20H25N3O3/c1-14-4-2-5-15(10-14)11-23(12-16-6-3-8-26-16)20(24)19-17-13-25-9-7-18(17)21-22-19/h2,4-5,10,16H,3,6-9,11-13H2,1H3,(H,21,22)/t16-/m1/s1. The van der Waals surface area contributed by atoms with E-state index in [9.17, 15) is 4.79 Å². The Kier molecular flexibility index (Phi) is 5.04. The van der Waals surface area contributed by atoms with Gasteiger partial charge in [0.1, 0.15) is 0 Å². The van der Waals surface area contributed by atoms with E-state index in [0.29, 0.717) is 32.0 Å². The Morgan fingerprint density at radius 2 is 2.31 bits per heavy atom. The molecule has 138 valence electrons. The largest absolute Gasteiger partial charge is 0.376 e. The van der Waals surface area contributed by atoms with Crippen molar-refractivity contribution >= 4 is 5.91 Å². The van der Waals surface area contributed by atoms with Crippen molar-refractivity contribution in [2.45, 2.75) is 45.4 Å². The number of ether oxygens (including phenoxy) is 2. The normalized spacial score (nSPS) is 19.3. The lowest BCUT2D eigenvalue weighted by molar-refractivity contribution is 0.0496. The van der Waals surface area contributed by atoms with Gasteiger partial charge in [-0.25, -0.2) is 0 Å². The summed E-state index contributed by atoms with van der Waals surface area (Å²) < 4.78 is 11.3. The number of benzene rings is 1. The molecule has 0 unspecified atom stereocenters. The molecule has 0 aliphatic carbocycles. The van der Waals surface area contributed by atoms with Gasteiger partial charge in [-0.15, -0.1) is 0 Å². The molecule has 4 rings (SSSR count). The molecule has 6 heteroatoms. The number of hydrogen-bond donors (Lipinski definition) is 1. The monoisotopic (exact) mass is 355 g/mol. The average molecular weight is 355 g/mol. The van der Waals surface area contributed by atoms with Crippen LogP contribution in [0, 0.1) is 6.92 Å². The minimum absolute atomic E-state index is 0.0509. The highest BCUT2D eigenvalue weighted by molar-refractivity contribution is 5.94. The van der Waals surface area contributed by atoms with Crippen LogP contribution in [0.1, 0.15) is 45.7 Å². The lowest BCUT2D eigenvalue weighted by atomic mass is 10.1. The molecule has 26 heavy (non-hydrogen) atoms. The summed E-state index contributed by atoms with van der Waals surface area (Å²) in [5.41, 5.74) is 4.73. The summed E-state index contributed by atoms with van der Waals surface area (Å²) in [5.74, 6) is -0.0509. The number of nitrogens with one attached hydrogen (secondary N) is 1. The number of H-pyrrole nitrogens is 1. The molecule has 0 spiro atoms. The van der Waals surface area contributed by atoms with Gasteiger partial charge in [-0.1, -0.05) is 29.8 Å². The van der Waals surface area contributed by atoms with Crippen LogP contribution in [0.5, 0.6) is 0 Å². The molecule has 1 atom stereocenters. The number of carbonyl (C=O) groups is 1. The number of rotatable bonds is 5. The average Bonchev–Trinajstić information content (AvgIpc) is 3.30. The van der Waals surface area contributed by atoms with Gasteiger partial charge in [0.2, 0.25) is 0 Å². The SMILES string of the molecule is Cc1cccc(CN(C[C@H]2CCCO2)C(=O)c2n[nH]c3c2COCC3)c1. The molecule has 1 fully saturated rings. The van der Waals surface area contributed by atoms with Crippen LogP contribution < -0.4 is 0 Å². The molecule has 2 aromatic rings. The Bertz CT molecular complexity index is 780. The fraction of sp³-hybridized carbons (Fsp3) is 0.500. The number of carbonyl (C=O) groups excluding carboxylic acids is 1. The van der Waals surface area contributed by atoms with Crippen LogP contribution >= 0.6 is 0 Å². The summed E-state index contributed by atoms with van der Waals surface area (Å²) in [4.78, 5) is 15.2. The molecule has 1 N–H and O–H groups in total. The minimum atomic E-state index is -0.0509. The van der Waals surface area contributed by atoms with Crippen LogP contribution in [0.4, 0.5) is 0 Å². The number of fused-ring (bicyclic) bond motifs is 1. The van der Waals surface area contributed by atoms with Crippen molar-refractivity contribution in [1.29, 1.82) is 0 Å². The van der Waals surface area contributed by atoms with E-state index in [4.69, 9.17) is 9.47 Å². The third kappa shape index (κ3) is 3.66. The lowest BCUT2D eigenvalue weighted by Gasteiger charge is -2.26. The molecule has 3 heterocycles. The molecule has 2 aliphatic heterocycles. The molecule has 1 aromatic carbocycles. The molecular weight excluding hydrogens is 330 g/mol. The van der Waals surface area contributed by atoms with E-state index < -0.39 is 0 Å². The van der Waals surface area contributed by atoms with Crippen molar-refractivity contribution in [3.8, 4) is 0 Å². The van der Waals surface area contributed by atoms with Crippen LogP contribution in [0.3, 0.4) is 0 Å². The predicted molar refractivity (Wildman–Crippen MR) is 96.8 cm³/mol. The van der Waals surface area contributed by atoms with Crippen molar-refractivity contribution in [3.05, 3.63) is 52.3 Å². The Hall–Kier alpha value is -2.18. The summed E-state index contributed by atoms with van der Waals surface area (Å²) in [5, 5.41) is 7.34. The maximum Gasteiger partial charge on any atom is 0.275 e. The number of amides is 1. The number of aryl methyl sites for hydroxylation is 1. The fourth-order valence-corrected chi connectivity index (χ4v) is 3.72. The fourth-order valence-electron chi connectivity index (χ4n) is 3.72. The first-order valence-corrected chi connectivity index (χ1v) is 9.31. The smallest absolute Gasteiger partial charge is 0.275 e. The molecule has 1 amide bonds. The van der Waals surface area contributed by atoms with Gasteiger partial charge in [0.05, 0.1) is 19.3 Å². The highest BCUT2D eigenvalue weighted by Gasteiger charge is 2.29. The van der Waals surface area contributed by atoms with Crippen molar-refractivity contribution < 1.29 is 14.3 Å². The topological polar surface area (TPSA) is 67.5 Å². The first-order chi connectivity index (χ1) is 12.7. The molecule has 1 aromatic heterocycles. The van der Waals surface area contributed by atoms with Crippen molar-refractivity contribution in [2.24, 2.45) is 0 Å². The zero-order chi connectivity index (χ0) is 17.9. The second-order valence-corrected chi connectivity index (χ2v) is 7.14. The highest BCUT2D eigenvalue weighted by atomic mass is 16.5. The van der Waals surface area contributed by atoms with Gasteiger partial charge < -0.3 is 14.4 Å². The molecule has 0 radical (unpaired) electrons. The van der Waals surface area contributed by atoms with E-state index in [0.717, 1.165) is 42.7 Å². The molecule has 0 saturated carbocycles. The molecule has 0 bridgehead atoms. The maximum atomic E-state index is 13.3. The van der Waals surface area contributed by atoms with Gasteiger partial charge in [0.25, 0.3) is 5.91 Å². The highest BCUT2D eigenvalue weighted by Crippen LogP contribution is 2.22. The molecule has 2 aliphatic rings. The maximum absolute atomic E-state index is 13.3. The summed E-state index contributed by atoms with van der Waals surface area (Å²) in [6.45, 7) is 5.12. The van der Waals surface area contributed by atoms with Crippen molar-refractivity contribution in [2.75, 3.05) is 19.8 Å². The summed E-state index contributed by atoms with van der Waals surface area (Å²) >= 11 is 0. The summed E-state index contributed by atoms with van der Waals surface area (Å²) in [6.07, 6.45) is 2.94. The Balaban J connectivity index is 1.58. The van der Waals surface area contributed by atoms with Gasteiger partial charge in [-0.3, -0.25) is 9.89 Å². The third-order valence-corrected chi connectivity index (χ3v) is 5.09. The molecular formula is C20H25N3O3. The van der Waals surface area contributed by atoms with Crippen LogP contribution in [0.15, 0.2) is 24.3 Å². The molecule has 6 nitrogen and oxygen atoms in total. The number of hydrogen-bond acceptors (Lipinski definition) is 4. The van der Waals surface area contributed by atoms with Crippen molar-refractivity contribution in [3.63, 3.8) is 0 Å². The Morgan fingerprint density at radius 1 is 1.38 bits per heavy atom. The van der Waals surface area contributed by atoms with E-state index in [1.54, 1.807) is 0 Å². The Labute approximate surface area is 153 Å². The summed E-state index contributed by atoms with van der Waals surface area (Å²) in [6, 6.07) is 8.28. The first-order valence-electron chi connectivity index (χ1n) is 9.31. The van der Waals surface area contributed by atoms with Gasteiger partial charge >= 0.3 is 0 Å². The van der Waals surface area contributed by atoms with E-state index in [1.807, 2.05) is 11.0 Å². The quantitative estimate of drug-likeness (QED) is 0.895. The number of aromatic nitrogens is 2. The van der Waals surface area contributed by atoms with Crippen LogP contribution in [-0.4, -0.2) is 46.9 Å². The first kappa shape index (κ1) is 17.2. The Morgan fingerprint density at radius 3 is 3.12 bits per heavy atom. The van der Waals surface area contributed by atoms with Gasteiger partial charge in [0.15, 0.2) is 5.69 Å². The number of aromatic amines is 1. The van der Waals surface area contributed by atoms with Crippen LogP contribution in [-0.2, 0) is 29.0 Å². The predicted octanol–water partition coefficient (Wildman–Crippen LogP) is 2.61. The van der Waals surface area contributed by atoms with Gasteiger partial charge in [-0.05, 0) is 25.3 Å². The van der Waals surface area contributed by atoms with E-state index in [1.165, 1.54) is 5.56 Å². The van der Waals surface area contributed by atoms with Crippen LogP contribution in [0.2, 0.25) is 0 Å². The second kappa shape index (κ2) is 7.60.